The Bertz CT molecular complexity index is 90.5. The van der Waals surface area contributed by atoms with Gasteiger partial charge in [0.2, 0.25) is 0 Å². The monoisotopic (exact) mass is 109 g/mol. The highest BCUT2D eigenvalue weighted by atomic mass is 14.9. The standard InChI is InChI=1S/C3H3N3.C2H4/c1-4-2-6-3-5-1;1-2/h1-3H;1-2H2. The minimum absolute atomic E-state index is 1.44. The van der Waals surface area contributed by atoms with Crippen molar-refractivity contribution < 1.29 is 0 Å². The molecule has 0 atom stereocenters. The molecule has 0 aliphatic rings. The van der Waals surface area contributed by atoms with Crippen LogP contribution in [0.1, 0.15) is 0 Å². The Kier molecular flexibility index (Phi) is 4.85. The molecule has 3 nitrogen and oxygen atoms in total. The maximum Gasteiger partial charge on any atom is 0.119 e. The van der Waals surface area contributed by atoms with E-state index in [0.717, 1.165) is 0 Å². The number of hydrogen-bond acceptors (Lipinski definition) is 3. The van der Waals surface area contributed by atoms with Crippen LogP contribution in [0, 0.1) is 0 Å². The van der Waals surface area contributed by atoms with E-state index >= 15 is 0 Å². The predicted molar refractivity (Wildman–Crippen MR) is 31.1 cm³/mol. The van der Waals surface area contributed by atoms with E-state index in [9.17, 15) is 0 Å². The molecule has 0 N–H and O–H groups in total. The molecule has 42 valence electrons. The summed E-state index contributed by atoms with van der Waals surface area (Å²) in [5.41, 5.74) is 0. The molecule has 0 aromatic carbocycles. The number of hydrogen-bond donors (Lipinski definition) is 0. The molecule has 0 fully saturated rings. The molecule has 0 unspecified atom stereocenters. The SMILES string of the molecule is C=C.c1ncncn1. The predicted octanol–water partition coefficient (Wildman–Crippen LogP) is 0.674. The summed E-state index contributed by atoms with van der Waals surface area (Å²) in [6, 6.07) is 0. The number of nitrogens with zero attached hydrogens (tertiary/aromatic N) is 3. The summed E-state index contributed by atoms with van der Waals surface area (Å²) in [7, 11) is 0. The van der Waals surface area contributed by atoms with Gasteiger partial charge in [-0.1, -0.05) is 0 Å². The van der Waals surface area contributed by atoms with Crippen LogP contribution in [0.4, 0.5) is 0 Å². The fraction of sp³-hybridized carbons (Fsp3) is 0. The fourth-order valence-corrected chi connectivity index (χ4v) is 0.205. The van der Waals surface area contributed by atoms with E-state index in [1.165, 1.54) is 19.0 Å². The van der Waals surface area contributed by atoms with Crippen molar-refractivity contribution in [2.24, 2.45) is 0 Å². The van der Waals surface area contributed by atoms with Crippen molar-refractivity contribution in [1.29, 1.82) is 0 Å². The van der Waals surface area contributed by atoms with E-state index < -0.39 is 0 Å². The molecule has 1 aromatic heterocycles. The van der Waals surface area contributed by atoms with E-state index in [0.29, 0.717) is 0 Å². The lowest BCUT2D eigenvalue weighted by Crippen LogP contribution is -1.73. The van der Waals surface area contributed by atoms with Crippen LogP contribution in [0.3, 0.4) is 0 Å². The van der Waals surface area contributed by atoms with Crippen LogP contribution >= 0.6 is 0 Å². The molecule has 0 radical (unpaired) electrons. The van der Waals surface area contributed by atoms with Crippen LogP contribution in [0.2, 0.25) is 0 Å². The summed E-state index contributed by atoms with van der Waals surface area (Å²) < 4.78 is 0. The Balaban J connectivity index is 0.000000222. The van der Waals surface area contributed by atoms with Crippen LogP contribution in [-0.2, 0) is 0 Å². The first kappa shape index (κ1) is 6.75. The van der Waals surface area contributed by atoms with Gasteiger partial charge in [-0.15, -0.1) is 13.2 Å². The molecule has 0 bridgehead atoms. The number of aromatic nitrogens is 3. The molecule has 0 saturated carbocycles. The second kappa shape index (κ2) is 5.75. The van der Waals surface area contributed by atoms with Gasteiger partial charge < -0.3 is 0 Å². The van der Waals surface area contributed by atoms with Crippen molar-refractivity contribution in [3.63, 3.8) is 0 Å². The first-order valence-electron chi connectivity index (χ1n) is 2.05. The smallest absolute Gasteiger partial charge is 0.119 e. The maximum atomic E-state index is 3.56. The zero-order valence-electron chi connectivity index (χ0n) is 4.49. The van der Waals surface area contributed by atoms with Crippen LogP contribution < -0.4 is 0 Å². The van der Waals surface area contributed by atoms with Crippen LogP contribution in [0.15, 0.2) is 32.1 Å². The van der Waals surface area contributed by atoms with Gasteiger partial charge in [-0.25, -0.2) is 15.0 Å². The molecule has 0 aliphatic heterocycles. The lowest BCUT2D eigenvalue weighted by molar-refractivity contribution is 1.05. The van der Waals surface area contributed by atoms with Gasteiger partial charge in [0.25, 0.3) is 0 Å². The average molecular weight is 109 g/mol. The summed E-state index contributed by atoms with van der Waals surface area (Å²) in [6.07, 6.45) is 4.31. The molecule has 0 spiro atoms. The molecule has 8 heavy (non-hydrogen) atoms. The van der Waals surface area contributed by atoms with Crippen molar-refractivity contribution >= 4 is 0 Å². The topological polar surface area (TPSA) is 38.7 Å². The third-order valence-corrected chi connectivity index (χ3v) is 0.400. The molecule has 1 aromatic rings. The van der Waals surface area contributed by atoms with E-state index in [1.54, 1.807) is 0 Å². The van der Waals surface area contributed by atoms with Crippen molar-refractivity contribution in [2.75, 3.05) is 0 Å². The van der Waals surface area contributed by atoms with Crippen molar-refractivity contribution in [3.8, 4) is 0 Å². The van der Waals surface area contributed by atoms with Crippen molar-refractivity contribution in [1.82, 2.24) is 15.0 Å². The summed E-state index contributed by atoms with van der Waals surface area (Å²) in [5, 5.41) is 0. The van der Waals surface area contributed by atoms with E-state index in [1.807, 2.05) is 0 Å². The molecule has 1 heterocycles. The van der Waals surface area contributed by atoms with E-state index in [-0.39, 0.29) is 0 Å². The normalized spacial score (nSPS) is 6.50. The van der Waals surface area contributed by atoms with Gasteiger partial charge in [-0.2, -0.15) is 0 Å². The molecule has 0 aliphatic carbocycles. The molecule has 1 rings (SSSR count). The fourth-order valence-electron chi connectivity index (χ4n) is 0.205. The van der Waals surface area contributed by atoms with Gasteiger partial charge in [-0.3, -0.25) is 0 Å². The quantitative estimate of drug-likeness (QED) is 0.460. The largest absolute Gasteiger partial charge is 0.225 e. The molecule has 3 heteroatoms. The second-order valence-corrected chi connectivity index (χ2v) is 0.794. The third-order valence-electron chi connectivity index (χ3n) is 0.400. The minimum atomic E-state index is 1.44. The zero-order chi connectivity index (χ0) is 6.24. The zero-order valence-corrected chi connectivity index (χ0v) is 4.49. The number of rotatable bonds is 0. The van der Waals surface area contributed by atoms with Gasteiger partial charge in [-0.05, 0) is 0 Å². The Labute approximate surface area is 48.1 Å². The molecule has 0 amide bonds. The lowest BCUT2D eigenvalue weighted by atomic mass is 11.1. The average Bonchev–Trinajstić information content (AvgIpc) is 1.96. The summed E-state index contributed by atoms with van der Waals surface area (Å²) in [6.45, 7) is 6.00. The van der Waals surface area contributed by atoms with E-state index in [2.05, 4.69) is 28.1 Å². The molecular weight excluding hydrogens is 102 g/mol. The van der Waals surface area contributed by atoms with Gasteiger partial charge >= 0.3 is 0 Å². The third kappa shape index (κ3) is 2.96. The second-order valence-electron chi connectivity index (χ2n) is 0.794. The molecular formula is C5H7N3. The van der Waals surface area contributed by atoms with Crippen LogP contribution in [-0.4, -0.2) is 15.0 Å². The lowest BCUT2D eigenvalue weighted by Gasteiger charge is -1.69. The summed E-state index contributed by atoms with van der Waals surface area (Å²) >= 11 is 0. The molecule has 0 saturated heterocycles. The van der Waals surface area contributed by atoms with E-state index in [4.69, 9.17) is 0 Å². The van der Waals surface area contributed by atoms with Gasteiger partial charge in [0.05, 0.1) is 0 Å². The summed E-state index contributed by atoms with van der Waals surface area (Å²) in [5.74, 6) is 0. The Morgan fingerprint density at radius 1 is 0.750 bits per heavy atom. The van der Waals surface area contributed by atoms with Gasteiger partial charge in [0.15, 0.2) is 0 Å². The first-order chi connectivity index (χ1) is 4.00. The minimum Gasteiger partial charge on any atom is -0.225 e. The van der Waals surface area contributed by atoms with Gasteiger partial charge in [0.1, 0.15) is 19.0 Å². The van der Waals surface area contributed by atoms with Crippen molar-refractivity contribution in [2.45, 2.75) is 0 Å². The van der Waals surface area contributed by atoms with Gasteiger partial charge in [0, 0.05) is 0 Å². The van der Waals surface area contributed by atoms with Crippen LogP contribution in [0.25, 0.3) is 0 Å². The van der Waals surface area contributed by atoms with Crippen LogP contribution in [0.5, 0.6) is 0 Å². The highest BCUT2D eigenvalue weighted by Crippen LogP contribution is 1.57. The Hall–Kier alpha value is -1.25. The van der Waals surface area contributed by atoms with Crippen molar-refractivity contribution in [3.05, 3.63) is 32.1 Å². The highest BCUT2D eigenvalue weighted by Gasteiger charge is 1.59. The summed E-state index contributed by atoms with van der Waals surface area (Å²) in [4.78, 5) is 10.7. The Morgan fingerprint density at radius 2 is 1.00 bits per heavy atom. The first-order valence-corrected chi connectivity index (χ1v) is 2.05. The Morgan fingerprint density at radius 3 is 1.12 bits per heavy atom. The maximum absolute atomic E-state index is 3.56. The highest BCUT2D eigenvalue weighted by molar-refractivity contribution is 4.51.